The second kappa shape index (κ2) is 5.30. The molecule has 2 aromatic carbocycles. The van der Waals surface area contributed by atoms with Gasteiger partial charge in [-0.3, -0.25) is 0 Å². The minimum atomic E-state index is 0.445. The van der Waals surface area contributed by atoms with Crippen molar-refractivity contribution >= 4 is 27.5 Å². The summed E-state index contributed by atoms with van der Waals surface area (Å²) in [5.41, 5.74) is 5.39. The summed E-state index contributed by atoms with van der Waals surface area (Å²) in [4.78, 5) is 0.445. The van der Waals surface area contributed by atoms with Crippen LogP contribution in [0.25, 0.3) is 0 Å². The van der Waals surface area contributed by atoms with Gasteiger partial charge in [-0.05, 0) is 54.0 Å². The second-order valence-corrected chi connectivity index (χ2v) is 6.76. The van der Waals surface area contributed by atoms with E-state index in [9.17, 15) is 0 Å². The summed E-state index contributed by atoms with van der Waals surface area (Å²) in [5, 5.41) is 0.899. The molecule has 0 bridgehead atoms. The Balaban J connectivity index is 1.83. The van der Waals surface area contributed by atoms with E-state index in [0.717, 1.165) is 17.9 Å². The predicted molar refractivity (Wildman–Crippen MR) is 85.2 cm³/mol. The monoisotopic (exact) mass is 334 g/mol. The Morgan fingerprint density at radius 3 is 2.74 bits per heavy atom. The third-order valence-electron chi connectivity index (χ3n) is 3.94. The fraction of sp³-hybridized carbons (Fsp3) is 0.294. The lowest BCUT2D eigenvalue weighted by molar-refractivity contribution is 0.555. The van der Waals surface area contributed by atoms with Gasteiger partial charge in [0, 0.05) is 9.85 Å². The number of halogens is 2. The average molecular weight is 336 g/mol. The molecule has 0 amide bonds. The van der Waals surface area contributed by atoms with Gasteiger partial charge in [-0.25, -0.2) is 0 Å². The van der Waals surface area contributed by atoms with Crippen LogP contribution in [0.2, 0.25) is 5.02 Å². The van der Waals surface area contributed by atoms with E-state index >= 15 is 0 Å². The molecule has 0 fully saturated rings. The number of hydrogen-bond donors (Lipinski definition) is 0. The van der Waals surface area contributed by atoms with Crippen LogP contribution in [-0.2, 0) is 12.8 Å². The minimum Gasteiger partial charge on any atom is -0.0840 e. The van der Waals surface area contributed by atoms with Crippen molar-refractivity contribution in [3.63, 3.8) is 0 Å². The van der Waals surface area contributed by atoms with Gasteiger partial charge in [0.15, 0.2) is 0 Å². The lowest BCUT2D eigenvalue weighted by Crippen LogP contribution is -2.07. The van der Waals surface area contributed by atoms with Crippen molar-refractivity contribution < 1.29 is 0 Å². The van der Waals surface area contributed by atoms with Crippen LogP contribution in [0.3, 0.4) is 0 Å². The Kier molecular flexibility index (Phi) is 3.68. The van der Waals surface area contributed by atoms with Crippen molar-refractivity contribution in [2.45, 2.75) is 24.6 Å². The first-order valence-electron chi connectivity index (χ1n) is 6.62. The minimum absolute atomic E-state index is 0.445. The van der Waals surface area contributed by atoms with Gasteiger partial charge in [-0.15, -0.1) is 0 Å². The van der Waals surface area contributed by atoms with Crippen molar-refractivity contribution in [2.24, 2.45) is 5.92 Å². The van der Waals surface area contributed by atoms with Crippen molar-refractivity contribution in [1.82, 2.24) is 0 Å². The van der Waals surface area contributed by atoms with Crippen molar-refractivity contribution in [2.75, 3.05) is 0 Å². The van der Waals surface area contributed by atoms with E-state index in [1.165, 1.54) is 22.3 Å². The van der Waals surface area contributed by atoms with Crippen molar-refractivity contribution in [1.29, 1.82) is 0 Å². The third-order valence-corrected chi connectivity index (χ3v) is 5.53. The van der Waals surface area contributed by atoms with Gasteiger partial charge in [0.1, 0.15) is 0 Å². The zero-order valence-electron chi connectivity index (χ0n) is 10.9. The topological polar surface area (TPSA) is 0 Å². The molecule has 0 spiro atoms. The maximum atomic E-state index is 6.35. The van der Waals surface area contributed by atoms with E-state index in [-0.39, 0.29) is 0 Å². The number of benzene rings is 2. The molecule has 0 radical (unpaired) electrons. The molecule has 0 saturated heterocycles. The van der Waals surface area contributed by atoms with Gasteiger partial charge in [0.05, 0.1) is 0 Å². The van der Waals surface area contributed by atoms with Crippen molar-refractivity contribution in [3.8, 4) is 0 Å². The molecule has 0 heterocycles. The molecule has 0 aliphatic heterocycles. The van der Waals surface area contributed by atoms with Gasteiger partial charge in [-0.1, -0.05) is 63.9 Å². The quantitative estimate of drug-likeness (QED) is 0.636. The standard InChI is InChI=1S/C17H16BrCl/c1-11-6-7-13(16(19)8-11)10-14-9-12-4-2-3-5-15(12)17(14)18/h2-8,14,17H,9-10H2,1H3. The van der Waals surface area contributed by atoms with Gasteiger partial charge >= 0.3 is 0 Å². The SMILES string of the molecule is Cc1ccc(CC2Cc3ccccc3C2Br)c(Cl)c1. The average Bonchev–Trinajstić information content (AvgIpc) is 2.70. The second-order valence-electron chi connectivity index (χ2n) is 5.36. The van der Waals surface area contributed by atoms with E-state index in [0.29, 0.717) is 10.7 Å². The molecule has 0 N–H and O–H groups in total. The molecule has 3 rings (SSSR count). The largest absolute Gasteiger partial charge is 0.0840 e. The first-order valence-corrected chi connectivity index (χ1v) is 7.91. The summed E-state index contributed by atoms with van der Waals surface area (Å²) >= 11 is 10.2. The van der Waals surface area contributed by atoms with Gasteiger partial charge in [-0.2, -0.15) is 0 Å². The van der Waals surface area contributed by atoms with Gasteiger partial charge < -0.3 is 0 Å². The zero-order valence-corrected chi connectivity index (χ0v) is 13.2. The highest BCUT2D eigenvalue weighted by atomic mass is 79.9. The first-order chi connectivity index (χ1) is 9.15. The first kappa shape index (κ1) is 13.2. The summed E-state index contributed by atoms with van der Waals surface area (Å²) in [5.74, 6) is 0.595. The molecule has 98 valence electrons. The molecule has 0 saturated carbocycles. The normalized spacial score (nSPS) is 21.4. The smallest absolute Gasteiger partial charge is 0.0440 e. The molecule has 2 atom stereocenters. The molecule has 2 heteroatoms. The lowest BCUT2D eigenvalue weighted by atomic mass is 9.96. The number of alkyl halides is 1. The van der Waals surface area contributed by atoms with Gasteiger partial charge in [0.25, 0.3) is 0 Å². The van der Waals surface area contributed by atoms with E-state index in [1.807, 2.05) is 0 Å². The highest BCUT2D eigenvalue weighted by Crippen LogP contribution is 2.44. The number of aryl methyl sites for hydroxylation is 1. The number of hydrogen-bond acceptors (Lipinski definition) is 0. The molecule has 19 heavy (non-hydrogen) atoms. The van der Waals surface area contributed by atoms with Crippen LogP contribution < -0.4 is 0 Å². The molecule has 0 aromatic heterocycles. The van der Waals surface area contributed by atoms with Crippen LogP contribution in [0.1, 0.15) is 27.1 Å². The number of rotatable bonds is 2. The Morgan fingerprint density at radius 2 is 2.00 bits per heavy atom. The number of fused-ring (bicyclic) bond motifs is 1. The highest BCUT2D eigenvalue weighted by molar-refractivity contribution is 9.09. The lowest BCUT2D eigenvalue weighted by Gasteiger charge is -2.15. The molecular weight excluding hydrogens is 320 g/mol. The molecule has 0 nitrogen and oxygen atoms in total. The van der Waals surface area contributed by atoms with E-state index in [2.05, 4.69) is 65.3 Å². The maximum Gasteiger partial charge on any atom is 0.0440 e. The zero-order chi connectivity index (χ0) is 13.4. The Labute approximate surface area is 127 Å². The molecule has 1 aliphatic rings. The summed E-state index contributed by atoms with van der Waals surface area (Å²) in [6, 6.07) is 15.1. The summed E-state index contributed by atoms with van der Waals surface area (Å²) < 4.78 is 0. The molecule has 1 aliphatic carbocycles. The Bertz CT molecular complexity index is 606. The summed E-state index contributed by atoms with van der Waals surface area (Å²) in [6.07, 6.45) is 2.17. The van der Waals surface area contributed by atoms with Crippen LogP contribution in [0, 0.1) is 12.8 Å². The maximum absolute atomic E-state index is 6.35. The van der Waals surface area contributed by atoms with E-state index in [1.54, 1.807) is 0 Å². The molecule has 2 aromatic rings. The fourth-order valence-electron chi connectivity index (χ4n) is 2.90. The summed E-state index contributed by atoms with van der Waals surface area (Å²) in [6.45, 7) is 2.08. The highest BCUT2D eigenvalue weighted by Gasteiger charge is 2.30. The Morgan fingerprint density at radius 1 is 1.21 bits per heavy atom. The van der Waals surface area contributed by atoms with Crippen LogP contribution in [0.5, 0.6) is 0 Å². The van der Waals surface area contributed by atoms with Gasteiger partial charge in [0.2, 0.25) is 0 Å². The van der Waals surface area contributed by atoms with Crippen LogP contribution >= 0.6 is 27.5 Å². The van der Waals surface area contributed by atoms with Crippen LogP contribution in [0.4, 0.5) is 0 Å². The predicted octanol–water partition coefficient (Wildman–Crippen LogP) is 5.50. The summed E-state index contributed by atoms with van der Waals surface area (Å²) in [7, 11) is 0. The van der Waals surface area contributed by atoms with Crippen LogP contribution in [0.15, 0.2) is 42.5 Å². The van der Waals surface area contributed by atoms with Crippen molar-refractivity contribution in [3.05, 3.63) is 69.7 Å². The fourth-order valence-corrected chi connectivity index (χ4v) is 4.04. The van der Waals surface area contributed by atoms with Crippen LogP contribution in [-0.4, -0.2) is 0 Å². The third kappa shape index (κ3) is 2.59. The molecular formula is C17H16BrCl. The van der Waals surface area contributed by atoms with E-state index in [4.69, 9.17) is 11.6 Å². The van der Waals surface area contributed by atoms with E-state index < -0.39 is 0 Å². The molecule has 2 unspecified atom stereocenters. The Hall–Kier alpha value is -0.790.